The van der Waals surface area contributed by atoms with Crippen molar-refractivity contribution in [2.24, 2.45) is 5.41 Å². The van der Waals surface area contributed by atoms with Gasteiger partial charge in [0.05, 0.1) is 0 Å². The molecule has 0 amide bonds. The molecule has 20 heavy (non-hydrogen) atoms. The summed E-state index contributed by atoms with van der Waals surface area (Å²) < 4.78 is 0. The van der Waals surface area contributed by atoms with Crippen LogP contribution in [-0.4, -0.2) is 37.1 Å². The predicted octanol–water partition coefficient (Wildman–Crippen LogP) is 4.20. The summed E-state index contributed by atoms with van der Waals surface area (Å²) in [6.07, 6.45) is 14.2. The minimum absolute atomic E-state index is 0.590. The Morgan fingerprint density at radius 1 is 1.05 bits per heavy atom. The molecule has 1 saturated carbocycles. The van der Waals surface area contributed by atoms with Gasteiger partial charge < -0.3 is 5.32 Å². The van der Waals surface area contributed by atoms with Gasteiger partial charge >= 0.3 is 0 Å². The highest BCUT2D eigenvalue weighted by Crippen LogP contribution is 2.39. The van der Waals surface area contributed by atoms with E-state index in [-0.39, 0.29) is 0 Å². The summed E-state index contributed by atoms with van der Waals surface area (Å²) in [5, 5.41) is 3.73. The smallest absolute Gasteiger partial charge is 0.00928 e. The number of hydrogen-bond acceptors (Lipinski definition) is 2. The molecule has 1 atom stereocenters. The van der Waals surface area contributed by atoms with Gasteiger partial charge in [-0.3, -0.25) is 4.90 Å². The molecule has 2 rings (SSSR count). The lowest BCUT2D eigenvalue weighted by Crippen LogP contribution is -2.46. The highest BCUT2D eigenvalue weighted by Gasteiger charge is 2.36. The van der Waals surface area contributed by atoms with E-state index in [0.29, 0.717) is 5.41 Å². The molecule has 2 fully saturated rings. The molecule has 2 nitrogen and oxygen atoms in total. The summed E-state index contributed by atoms with van der Waals surface area (Å²) >= 11 is 0. The molecular formula is C18H36N2. The lowest BCUT2D eigenvalue weighted by molar-refractivity contribution is 0.108. The van der Waals surface area contributed by atoms with Gasteiger partial charge in [0.15, 0.2) is 0 Å². The maximum Gasteiger partial charge on any atom is 0.00928 e. The normalized spacial score (nSPS) is 27.6. The molecule has 1 saturated heterocycles. The van der Waals surface area contributed by atoms with Crippen LogP contribution in [-0.2, 0) is 0 Å². The van der Waals surface area contributed by atoms with Crippen LogP contribution in [0.1, 0.15) is 78.1 Å². The Bertz CT molecular complexity index is 258. The molecule has 0 radical (unpaired) electrons. The minimum Gasteiger partial charge on any atom is -0.316 e. The van der Waals surface area contributed by atoms with E-state index >= 15 is 0 Å². The van der Waals surface area contributed by atoms with Gasteiger partial charge in [0, 0.05) is 19.1 Å². The Morgan fingerprint density at radius 2 is 1.85 bits per heavy atom. The second kappa shape index (κ2) is 8.38. The minimum atomic E-state index is 0.590. The number of likely N-dealkylation sites (tertiary alicyclic amines) is 1. The van der Waals surface area contributed by atoms with Gasteiger partial charge in [0.2, 0.25) is 0 Å². The first-order chi connectivity index (χ1) is 9.79. The van der Waals surface area contributed by atoms with E-state index in [0.717, 1.165) is 6.04 Å². The molecule has 1 aliphatic carbocycles. The van der Waals surface area contributed by atoms with Crippen LogP contribution in [0, 0.1) is 5.41 Å². The monoisotopic (exact) mass is 280 g/mol. The maximum absolute atomic E-state index is 3.73. The van der Waals surface area contributed by atoms with Crippen LogP contribution < -0.4 is 5.32 Å². The van der Waals surface area contributed by atoms with Crippen molar-refractivity contribution in [3.05, 3.63) is 0 Å². The second-order valence-electron chi connectivity index (χ2n) is 7.27. The van der Waals surface area contributed by atoms with E-state index in [2.05, 4.69) is 24.1 Å². The number of hydrogen-bond donors (Lipinski definition) is 1. The molecule has 0 aromatic heterocycles. The van der Waals surface area contributed by atoms with Crippen LogP contribution in [0.15, 0.2) is 0 Å². The second-order valence-corrected chi connectivity index (χ2v) is 7.27. The third kappa shape index (κ3) is 4.46. The largest absolute Gasteiger partial charge is 0.316 e. The van der Waals surface area contributed by atoms with Gasteiger partial charge in [0.25, 0.3) is 0 Å². The molecule has 1 heterocycles. The highest BCUT2D eigenvalue weighted by atomic mass is 15.2. The number of rotatable bonds is 7. The Balaban J connectivity index is 1.94. The summed E-state index contributed by atoms with van der Waals surface area (Å²) in [6, 6.07) is 0.862. The molecule has 1 aliphatic heterocycles. The Morgan fingerprint density at radius 3 is 2.55 bits per heavy atom. The summed E-state index contributed by atoms with van der Waals surface area (Å²) in [7, 11) is 0. The van der Waals surface area contributed by atoms with Gasteiger partial charge in [-0.1, -0.05) is 39.5 Å². The Kier molecular flexibility index (Phi) is 6.83. The van der Waals surface area contributed by atoms with E-state index < -0.39 is 0 Å². The van der Waals surface area contributed by atoms with Crippen molar-refractivity contribution in [1.29, 1.82) is 0 Å². The fourth-order valence-electron chi connectivity index (χ4n) is 4.38. The molecule has 1 N–H and O–H groups in total. The third-order valence-corrected chi connectivity index (χ3v) is 5.60. The third-order valence-electron chi connectivity index (χ3n) is 5.60. The van der Waals surface area contributed by atoms with Gasteiger partial charge in [-0.05, 0) is 57.0 Å². The topological polar surface area (TPSA) is 15.3 Å². The molecule has 118 valence electrons. The van der Waals surface area contributed by atoms with Crippen LogP contribution in [0.5, 0.6) is 0 Å². The quantitative estimate of drug-likeness (QED) is 0.703. The number of nitrogens with zero attached hydrogens (tertiary/aromatic N) is 1. The summed E-state index contributed by atoms with van der Waals surface area (Å²) in [5.74, 6) is 0. The lowest BCUT2D eigenvalue weighted by Gasteiger charge is -2.39. The van der Waals surface area contributed by atoms with Crippen molar-refractivity contribution in [2.45, 2.75) is 84.1 Å². The first-order valence-electron chi connectivity index (χ1n) is 9.24. The van der Waals surface area contributed by atoms with Gasteiger partial charge in [0.1, 0.15) is 0 Å². The van der Waals surface area contributed by atoms with Gasteiger partial charge in [-0.15, -0.1) is 0 Å². The average Bonchev–Trinajstić information content (AvgIpc) is 2.79. The van der Waals surface area contributed by atoms with Crippen molar-refractivity contribution < 1.29 is 0 Å². The zero-order chi connectivity index (χ0) is 14.3. The van der Waals surface area contributed by atoms with E-state index in [1.807, 2.05) is 0 Å². The molecule has 0 aromatic carbocycles. The number of nitrogens with one attached hydrogen (secondary N) is 1. The molecule has 2 aliphatic rings. The van der Waals surface area contributed by atoms with E-state index in [9.17, 15) is 0 Å². The SMILES string of the molecule is CCCNCC1(CN2CCCCCC2CC)CCCC1. The molecule has 0 aromatic rings. The van der Waals surface area contributed by atoms with E-state index in [1.54, 1.807) is 0 Å². The standard InChI is InChI=1S/C18H36N2/c1-3-13-19-15-18(11-7-8-12-18)16-20-14-9-5-6-10-17(20)4-2/h17,19H,3-16H2,1-2H3. The maximum atomic E-state index is 3.73. The van der Waals surface area contributed by atoms with Crippen molar-refractivity contribution in [1.82, 2.24) is 10.2 Å². The summed E-state index contributed by atoms with van der Waals surface area (Å²) in [5.41, 5.74) is 0.590. The highest BCUT2D eigenvalue weighted by molar-refractivity contribution is 4.91. The zero-order valence-corrected chi connectivity index (χ0v) is 13.9. The first kappa shape index (κ1) is 16.3. The lowest BCUT2D eigenvalue weighted by atomic mass is 9.84. The summed E-state index contributed by atoms with van der Waals surface area (Å²) in [4.78, 5) is 2.87. The van der Waals surface area contributed by atoms with Crippen LogP contribution in [0.4, 0.5) is 0 Å². The molecule has 0 bridgehead atoms. The first-order valence-corrected chi connectivity index (χ1v) is 9.24. The van der Waals surface area contributed by atoms with Crippen molar-refractivity contribution in [2.75, 3.05) is 26.2 Å². The average molecular weight is 280 g/mol. The van der Waals surface area contributed by atoms with Crippen molar-refractivity contribution in [3.8, 4) is 0 Å². The molecule has 0 spiro atoms. The van der Waals surface area contributed by atoms with Gasteiger partial charge in [-0.2, -0.15) is 0 Å². The molecular weight excluding hydrogens is 244 g/mol. The Hall–Kier alpha value is -0.0800. The van der Waals surface area contributed by atoms with Crippen LogP contribution >= 0.6 is 0 Å². The Labute approximate surface area is 126 Å². The zero-order valence-electron chi connectivity index (χ0n) is 13.9. The molecule has 1 unspecified atom stereocenters. The molecule has 2 heteroatoms. The van der Waals surface area contributed by atoms with Crippen molar-refractivity contribution in [3.63, 3.8) is 0 Å². The predicted molar refractivity (Wildman–Crippen MR) is 88.2 cm³/mol. The van der Waals surface area contributed by atoms with Crippen LogP contribution in [0.3, 0.4) is 0 Å². The van der Waals surface area contributed by atoms with E-state index in [1.165, 1.54) is 90.4 Å². The summed E-state index contributed by atoms with van der Waals surface area (Å²) in [6.45, 7) is 9.83. The van der Waals surface area contributed by atoms with Crippen LogP contribution in [0.2, 0.25) is 0 Å². The van der Waals surface area contributed by atoms with Gasteiger partial charge in [-0.25, -0.2) is 0 Å². The fraction of sp³-hybridized carbons (Fsp3) is 1.00. The van der Waals surface area contributed by atoms with Crippen LogP contribution in [0.25, 0.3) is 0 Å². The van der Waals surface area contributed by atoms with E-state index in [4.69, 9.17) is 0 Å². The fourth-order valence-corrected chi connectivity index (χ4v) is 4.38. The van der Waals surface area contributed by atoms with Crippen molar-refractivity contribution >= 4 is 0 Å².